The molecule has 13 rings (SSSR count). The van der Waals surface area contributed by atoms with Gasteiger partial charge in [-0.15, -0.1) is 0 Å². The van der Waals surface area contributed by atoms with Gasteiger partial charge in [-0.05, 0) is 100 Å². The highest BCUT2D eigenvalue weighted by atomic mass is 16.3. The van der Waals surface area contributed by atoms with Crippen LogP contribution >= 0.6 is 0 Å². The maximum Gasteiger partial charge on any atom is 0.160 e. The monoisotopic (exact) mass is 769 g/mol. The maximum absolute atomic E-state index is 6.78. The molecule has 0 bridgehead atoms. The predicted molar refractivity (Wildman–Crippen MR) is 248 cm³/mol. The average molecular weight is 770 g/mol. The van der Waals surface area contributed by atoms with Crippen molar-refractivity contribution in [2.24, 2.45) is 0 Å². The summed E-state index contributed by atoms with van der Waals surface area (Å²) in [5.74, 6) is 0.590. The van der Waals surface area contributed by atoms with Crippen molar-refractivity contribution in [3.63, 3.8) is 0 Å². The number of benzene rings is 8. The van der Waals surface area contributed by atoms with Gasteiger partial charge >= 0.3 is 0 Å². The molecule has 3 nitrogen and oxygen atoms in total. The summed E-state index contributed by atoms with van der Waals surface area (Å²) in [6.07, 6.45) is 8.03. The number of hydrogen-bond donors (Lipinski definition) is 0. The zero-order valence-corrected chi connectivity index (χ0v) is 32.9. The van der Waals surface area contributed by atoms with Crippen molar-refractivity contribution in [2.45, 2.75) is 31.1 Å². The Bertz CT molecular complexity index is 3570. The summed E-state index contributed by atoms with van der Waals surface area (Å²) in [5.41, 5.74) is 17.8. The van der Waals surface area contributed by atoms with Crippen LogP contribution in [-0.2, 0) is 0 Å². The van der Waals surface area contributed by atoms with E-state index in [4.69, 9.17) is 8.83 Å². The van der Waals surface area contributed by atoms with E-state index in [1.807, 2.05) is 12.1 Å². The molecule has 0 saturated heterocycles. The van der Waals surface area contributed by atoms with E-state index in [2.05, 4.69) is 181 Å². The number of fused-ring (bicyclic) bond motifs is 12. The van der Waals surface area contributed by atoms with Crippen LogP contribution in [0.2, 0.25) is 0 Å². The Labute approximate surface area is 347 Å². The topological polar surface area (TPSA) is 31.2 Å². The average Bonchev–Trinajstić information content (AvgIpc) is 3.96. The molecule has 3 aromatic heterocycles. The minimum Gasteiger partial charge on any atom is -0.454 e. The number of furan rings is 2. The lowest BCUT2D eigenvalue weighted by Crippen LogP contribution is -2.05. The molecule has 2 aliphatic rings. The second-order valence-electron chi connectivity index (χ2n) is 16.6. The van der Waals surface area contributed by atoms with Crippen molar-refractivity contribution in [1.82, 2.24) is 4.57 Å². The molecule has 0 aliphatic heterocycles. The smallest absolute Gasteiger partial charge is 0.160 e. The van der Waals surface area contributed by atoms with Gasteiger partial charge in [0, 0.05) is 44.2 Å². The van der Waals surface area contributed by atoms with Crippen LogP contribution in [0.1, 0.15) is 53.4 Å². The van der Waals surface area contributed by atoms with Gasteiger partial charge < -0.3 is 13.4 Å². The molecule has 0 N–H and O–H groups in total. The fourth-order valence-electron chi connectivity index (χ4n) is 10.6. The highest BCUT2D eigenvalue weighted by Crippen LogP contribution is 2.48. The molecule has 0 saturated carbocycles. The summed E-state index contributed by atoms with van der Waals surface area (Å²) in [5, 5.41) is 6.86. The standard InChI is InChI=1S/C57H39NO2/c1-2-11-35(12-3-1)36-21-23-37(24-22-36)41-29-27-38-25-26-39(33-49(38)43-14-5-4-13-42(41)43)40-28-32-51-50(34-40)46-30-31-48-45-16-7-9-20-54(45)60-57(48)55(46)58(51)52-18-10-17-47-44-15-6-8-19-53(44)59-56(47)52/h1-26,28,30-32,34,39,41H,27,29,33H2. The van der Waals surface area contributed by atoms with Crippen molar-refractivity contribution in [2.75, 3.05) is 0 Å². The van der Waals surface area contributed by atoms with E-state index in [1.165, 1.54) is 55.3 Å². The molecular formula is C57H39NO2. The third kappa shape index (κ3) is 5.02. The van der Waals surface area contributed by atoms with Gasteiger partial charge in [-0.1, -0.05) is 152 Å². The summed E-state index contributed by atoms with van der Waals surface area (Å²) in [4.78, 5) is 0. The van der Waals surface area contributed by atoms with Gasteiger partial charge in [0.2, 0.25) is 0 Å². The number of allylic oxidation sites excluding steroid dienone is 4. The lowest BCUT2D eigenvalue weighted by molar-refractivity contribution is 0.665. The third-order valence-electron chi connectivity index (χ3n) is 13.5. The number of para-hydroxylation sites is 3. The van der Waals surface area contributed by atoms with E-state index in [0.717, 1.165) is 79.9 Å². The second-order valence-corrected chi connectivity index (χ2v) is 16.6. The Morgan fingerprint density at radius 3 is 2.00 bits per heavy atom. The first kappa shape index (κ1) is 33.6. The van der Waals surface area contributed by atoms with Gasteiger partial charge in [-0.3, -0.25) is 0 Å². The van der Waals surface area contributed by atoms with Crippen LogP contribution in [0, 0.1) is 0 Å². The molecule has 2 aliphatic carbocycles. The first-order valence-electron chi connectivity index (χ1n) is 21.2. The lowest BCUT2D eigenvalue weighted by atomic mass is 9.80. The number of rotatable bonds is 4. The van der Waals surface area contributed by atoms with E-state index in [-0.39, 0.29) is 5.92 Å². The third-order valence-corrected chi connectivity index (χ3v) is 13.5. The van der Waals surface area contributed by atoms with Crippen LogP contribution in [0.25, 0.3) is 88.1 Å². The number of hydrogen-bond acceptors (Lipinski definition) is 2. The van der Waals surface area contributed by atoms with Crippen LogP contribution in [0.4, 0.5) is 0 Å². The molecule has 11 aromatic rings. The summed E-state index contributed by atoms with van der Waals surface area (Å²) >= 11 is 0. The Hall–Kier alpha value is -7.36. The quantitative estimate of drug-likeness (QED) is 0.178. The van der Waals surface area contributed by atoms with E-state index in [1.54, 1.807) is 0 Å². The van der Waals surface area contributed by atoms with Crippen molar-refractivity contribution in [3.05, 3.63) is 216 Å². The lowest BCUT2D eigenvalue weighted by Gasteiger charge is -2.24. The van der Waals surface area contributed by atoms with E-state index in [0.29, 0.717) is 5.92 Å². The van der Waals surface area contributed by atoms with Crippen molar-refractivity contribution >= 4 is 71.3 Å². The molecule has 0 amide bonds. The molecule has 0 radical (unpaired) electrons. The largest absolute Gasteiger partial charge is 0.454 e. The first-order chi connectivity index (χ1) is 29.7. The summed E-state index contributed by atoms with van der Waals surface area (Å²) in [6, 6.07) is 64.0. The number of aromatic nitrogens is 1. The zero-order valence-electron chi connectivity index (χ0n) is 32.9. The van der Waals surface area contributed by atoms with Crippen molar-refractivity contribution in [3.8, 4) is 16.8 Å². The van der Waals surface area contributed by atoms with Gasteiger partial charge in [-0.25, -0.2) is 0 Å². The SMILES string of the molecule is C1=CC(c2ccc3c(c2)c2ccc4c5ccccc5oc4c2n3-c2cccc3c2oc2ccccc23)CC2=C1CCC(c1ccc(-c3ccccc3)cc1)c1ccccc12. The summed E-state index contributed by atoms with van der Waals surface area (Å²) in [6.45, 7) is 0. The fourth-order valence-corrected chi connectivity index (χ4v) is 10.6. The van der Waals surface area contributed by atoms with Crippen molar-refractivity contribution < 1.29 is 8.83 Å². The Balaban J connectivity index is 0.933. The Morgan fingerprint density at radius 1 is 0.500 bits per heavy atom. The Kier molecular flexibility index (Phi) is 7.32. The summed E-state index contributed by atoms with van der Waals surface area (Å²) in [7, 11) is 0. The van der Waals surface area contributed by atoms with Crippen LogP contribution < -0.4 is 0 Å². The zero-order chi connectivity index (χ0) is 39.3. The highest BCUT2D eigenvalue weighted by molar-refractivity contribution is 6.22. The van der Waals surface area contributed by atoms with E-state index >= 15 is 0 Å². The number of nitrogens with zero attached hydrogens (tertiary/aromatic N) is 1. The molecule has 0 spiro atoms. The fraction of sp³-hybridized carbons (Fsp3) is 0.0877. The molecule has 3 heterocycles. The van der Waals surface area contributed by atoms with E-state index in [9.17, 15) is 0 Å². The minimum absolute atomic E-state index is 0.245. The van der Waals surface area contributed by atoms with Gasteiger partial charge in [0.15, 0.2) is 11.2 Å². The molecular weight excluding hydrogens is 731 g/mol. The van der Waals surface area contributed by atoms with Gasteiger partial charge in [0.25, 0.3) is 0 Å². The van der Waals surface area contributed by atoms with Crippen LogP contribution in [-0.4, -0.2) is 4.57 Å². The van der Waals surface area contributed by atoms with Crippen LogP contribution in [0.5, 0.6) is 0 Å². The normalized spacial score (nSPS) is 16.7. The highest BCUT2D eigenvalue weighted by Gasteiger charge is 2.29. The van der Waals surface area contributed by atoms with E-state index < -0.39 is 0 Å². The minimum atomic E-state index is 0.245. The van der Waals surface area contributed by atoms with Gasteiger partial charge in [-0.2, -0.15) is 0 Å². The second kappa shape index (κ2) is 13.1. The molecule has 0 fully saturated rings. The molecule has 3 heteroatoms. The molecule has 8 aromatic carbocycles. The Morgan fingerprint density at radius 2 is 1.17 bits per heavy atom. The first-order valence-corrected chi connectivity index (χ1v) is 21.2. The van der Waals surface area contributed by atoms with Crippen LogP contribution in [0.3, 0.4) is 0 Å². The molecule has 284 valence electrons. The van der Waals surface area contributed by atoms with Gasteiger partial charge in [0.05, 0.1) is 16.7 Å². The molecule has 2 atom stereocenters. The van der Waals surface area contributed by atoms with Crippen molar-refractivity contribution in [1.29, 1.82) is 0 Å². The van der Waals surface area contributed by atoms with Crippen LogP contribution in [0.15, 0.2) is 202 Å². The predicted octanol–water partition coefficient (Wildman–Crippen LogP) is 15.7. The molecule has 2 unspecified atom stereocenters. The maximum atomic E-state index is 6.78. The van der Waals surface area contributed by atoms with Gasteiger partial charge in [0.1, 0.15) is 11.2 Å². The summed E-state index contributed by atoms with van der Waals surface area (Å²) < 4.78 is 15.8. The molecule has 60 heavy (non-hydrogen) atoms.